The molecule has 0 amide bonds. The number of epoxide rings is 1. The zero-order chi connectivity index (χ0) is 10.9. The van der Waals surface area contributed by atoms with E-state index < -0.39 is 5.60 Å². The first kappa shape index (κ1) is 10.9. The molecule has 0 aromatic rings. The maximum atomic E-state index is 11.9. The second-order valence-corrected chi connectivity index (χ2v) is 4.62. The van der Waals surface area contributed by atoms with Crippen LogP contribution in [0.2, 0.25) is 0 Å². The van der Waals surface area contributed by atoms with Crippen LogP contribution in [0.15, 0.2) is 0 Å². The SMILES string of the molecule is CCCCOC(=O)C1(CC)OC12CCC2. The summed E-state index contributed by atoms with van der Waals surface area (Å²) in [5.41, 5.74) is -0.690. The van der Waals surface area contributed by atoms with E-state index in [2.05, 4.69) is 6.92 Å². The van der Waals surface area contributed by atoms with Crippen LogP contribution in [-0.2, 0) is 14.3 Å². The molecule has 1 unspecified atom stereocenters. The van der Waals surface area contributed by atoms with Gasteiger partial charge in [0.1, 0.15) is 5.60 Å². The van der Waals surface area contributed by atoms with Gasteiger partial charge in [0.15, 0.2) is 5.60 Å². The lowest BCUT2D eigenvalue weighted by molar-refractivity contribution is -0.150. The Morgan fingerprint density at radius 1 is 1.40 bits per heavy atom. The maximum Gasteiger partial charge on any atom is 0.341 e. The Bertz CT molecular complexity index is 258. The van der Waals surface area contributed by atoms with E-state index in [1.165, 1.54) is 6.42 Å². The molecule has 1 atom stereocenters. The van der Waals surface area contributed by atoms with E-state index in [-0.39, 0.29) is 11.6 Å². The van der Waals surface area contributed by atoms with E-state index in [1.54, 1.807) is 0 Å². The predicted molar refractivity (Wildman–Crippen MR) is 56.6 cm³/mol. The zero-order valence-corrected chi connectivity index (χ0v) is 9.67. The van der Waals surface area contributed by atoms with Crippen molar-refractivity contribution in [3.05, 3.63) is 0 Å². The highest BCUT2D eigenvalue weighted by Gasteiger charge is 2.76. The lowest BCUT2D eigenvalue weighted by Crippen LogP contribution is -2.39. The molecule has 2 aliphatic rings. The average molecular weight is 212 g/mol. The molecule has 1 aliphatic carbocycles. The monoisotopic (exact) mass is 212 g/mol. The Morgan fingerprint density at radius 3 is 2.53 bits per heavy atom. The molecule has 0 radical (unpaired) electrons. The third kappa shape index (κ3) is 1.48. The van der Waals surface area contributed by atoms with Crippen LogP contribution in [-0.4, -0.2) is 23.8 Å². The molecule has 0 aromatic carbocycles. The smallest absolute Gasteiger partial charge is 0.341 e. The first-order valence-corrected chi connectivity index (χ1v) is 6.08. The molecule has 0 N–H and O–H groups in total. The summed E-state index contributed by atoms with van der Waals surface area (Å²) >= 11 is 0. The Kier molecular flexibility index (Phi) is 2.75. The zero-order valence-electron chi connectivity index (χ0n) is 9.67. The van der Waals surface area contributed by atoms with Gasteiger partial charge in [0.2, 0.25) is 0 Å². The molecule has 1 saturated carbocycles. The molecule has 3 heteroatoms. The fraction of sp³-hybridized carbons (Fsp3) is 0.917. The van der Waals surface area contributed by atoms with Crippen molar-refractivity contribution in [1.82, 2.24) is 0 Å². The van der Waals surface area contributed by atoms with Gasteiger partial charge >= 0.3 is 5.97 Å². The summed E-state index contributed by atoms with van der Waals surface area (Å²) in [4.78, 5) is 11.9. The molecule has 1 heterocycles. The van der Waals surface area contributed by atoms with Crippen LogP contribution in [0.25, 0.3) is 0 Å². The van der Waals surface area contributed by atoms with Crippen molar-refractivity contribution < 1.29 is 14.3 Å². The second kappa shape index (κ2) is 3.78. The van der Waals surface area contributed by atoms with Gasteiger partial charge in [-0.3, -0.25) is 0 Å². The van der Waals surface area contributed by atoms with Gasteiger partial charge in [-0.2, -0.15) is 0 Å². The molecule has 0 bridgehead atoms. The third-order valence-electron chi connectivity index (χ3n) is 3.78. The molecule has 1 aliphatic heterocycles. The summed E-state index contributed by atoms with van der Waals surface area (Å²) in [5, 5.41) is 0. The highest BCUT2D eigenvalue weighted by atomic mass is 16.7. The van der Waals surface area contributed by atoms with Crippen molar-refractivity contribution in [2.24, 2.45) is 0 Å². The fourth-order valence-electron chi connectivity index (χ4n) is 2.50. The van der Waals surface area contributed by atoms with Gasteiger partial charge in [-0.25, -0.2) is 4.79 Å². The first-order chi connectivity index (χ1) is 7.21. The Labute approximate surface area is 91.1 Å². The van der Waals surface area contributed by atoms with E-state index >= 15 is 0 Å². The molecule has 1 saturated heterocycles. The van der Waals surface area contributed by atoms with Gasteiger partial charge in [-0.05, 0) is 32.1 Å². The fourth-order valence-corrected chi connectivity index (χ4v) is 2.50. The van der Waals surface area contributed by atoms with Crippen molar-refractivity contribution in [1.29, 1.82) is 0 Å². The van der Waals surface area contributed by atoms with Crippen LogP contribution in [0, 0.1) is 0 Å². The molecular weight excluding hydrogens is 192 g/mol. The van der Waals surface area contributed by atoms with E-state index in [1.807, 2.05) is 6.92 Å². The Hall–Kier alpha value is -0.570. The van der Waals surface area contributed by atoms with Crippen molar-refractivity contribution in [2.45, 2.75) is 63.6 Å². The summed E-state index contributed by atoms with van der Waals surface area (Å²) in [7, 11) is 0. The largest absolute Gasteiger partial charge is 0.463 e. The maximum absolute atomic E-state index is 11.9. The predicted octanol–water partition coefficient (Wildman–Crippen LogP) is 2.43. The highest BCUT2D eigenvalue weighted by Crippen LogP contribution is 2.62. The third-order valence-corrected chi connectivity index (χ3v) is 3.78. The number of hydrogen-bond donors (Lipinski definition) is 0. The minimum absolute atomic E-state index is 0.120. The number of unbranched alkanes of at least 4 members (excludes halogenated alkanes) is 1. The summed E-state index contributed by atoms with van der Waals surface area (Å²) in [5.74, 6) is -0.127. The van der Waals surface area contributed by atoms with Crippen molar-refractivity contribution in [3.8, 4) is 0 Å². The van der Waals surface area contributed by atoms with Crippen LogP contribution in [0.1, 0.15) is 52.4 Å². The van der Waals surface area contributed by atoms with Crippen molar-refractivity contribution in [2.75, 3.05) is 6.61 Å². The van der Waals surface area contributed by atoms with Crippen molar-refractivity contribution in [3.63, 3.8) is 0 Å². The van der Waals surface area contributed by atoms with E-state index in [0.717, 1.165) is 32.1 Å². The lowest BCUT2D eigenvalue weighted by atomic mass is 9.74. The summed E-state index contributed by atoms with van der Waals surface area (Å²) in [6.45, 7) is 4.63. The minimum atomic E-state index is -0.570. The van der Waals surface area contributed by atoms with E-state index in [0.29, 0.717) is 6.61 Å². The van der Waals surface area contributed by atoms with Crippen molar-refractivity contribution >= 4 is 5.97 Å². The second-order valence-electron chi connectivity index (χ2n) is 4.62. The van der Waals surface area contributed by atoms with Gasteiger partial charge in [0, 0.05) is 0 Å². The quantitative estimate of drug-likeness (QED) is 0.399. The molecule has 3 nitrogen and oxygen atoms in total. The number of carbonyl (C=O) groups excluding carboxylic acids is 1. The Morgan fingerprint density at radius 2 is 2.13 bits per heavy atom. The summed E-state index contributed by atoms with van der Waals surface area (Å²) < 4.78 is 11.0. The number of esters is 1. The van der Waals surface area contributed by atoms with Crippen LogP contribution in [0.5, 0.6) is 0 Å². The van der Waals surface area contributed by atoms with Crippen LogP contribution in [0.3, 0.4) is 0 Å². The number of ether oxygens (including phenoxy) is 2. The number of rotatable bonds is 5. The molecule has 2 rings (SSSR count). The standard InChI is InChI=1S/C12H20O3/c1-3-5-9-14-10(13)12(4-2)11(15-12)7-6-8-11/h3-9H2,1-2H3. The average Bonchev–Trinajstić information content (AvgIpc) is 2.88. The molecule has 2 fully saturated rings. The van der Waals surface area contributed by atoms with Crippen LogP contribution in [0.4, 0.5) is 0 Å². The molecule has 86 valence electrons. The van der Waals surface area contributed by atoms with Gasteiger partial charge in [0.05, 0.1) is 6.61 Å². The lowest BCUT2D eigenvalue weighted by Gasteiger charge is -2.25. The molecule has 0 aromatic heterocycles. The minimum Gasteiger partial charge on any atom is -0.463 e. The molecular formula is C12H20O3. The van der Waals surface area contributed by atoms with Gasteiger partial charge < -0.3 is 9.47 Å². The summed E-state index contributed by atoms with van der Waals surface area (Å²) in [6.07, 6.45) is 5.99. The topological polar surface area (TPSA) is 38.8 Å². The van der Waals surface area contributed by atoms with Gasteiger partial charge in [-0.15, -0.1) is 0 Å². The summed E-state index contributed by atoms with van der Waals surface area (Å²) in [6, 6.07) is 0. The first-order valence-electron chi connectivity index (χ1n) is 6.08. The molecule has 15 heavy (non-hydrogen) atoms. The van der Waals surface area contributed by atoms with E-state index in [9.17, 15) is 4.79 Å². The van der Waals surface area contributed by atoms with Gasteiger partial charge in [0.25, 0.3) is 0 Å². The van der Waals surface area contributed by atoms with Crippen LogP contribution >= 0.6 is 0 Å². The highest BCUT2D eigenvalue weighted by molar-refractivity contribution is 5.85. The number of carbonyl (C=O) groups is 1. The Balaban J connectivity index is 1.88. The van der Waals surface area contributed by atoms with Crippen LogP contribution < -0.4 is 0 Å². The van der Waals surface area contributed by atoms with Gasteiger partial charge in [-0.1, -0.05) is 20.3 Å². The molecule has 1 spiro atoms. The number of hydrogen-bond acceptors (Lipinski definition) is 3. The normalized spacial score (nSPS) is 31.1. The van der Waals surface area contributed by atoms with E-state index in [4.69, 9.17) is 9.47 Å².